The zero-order chi connectivity index (χ0) is 11.9. The molecule has 2 aliphatic rings. The summed E-state index contributed by atoms with van der Waals surface area (Å²) in [6.45, 7) is 7.17. The molecule has 0 atom stereocenters. The van der Waals surface area contributed by atoms with Crippen LogP contribution in [0, 0.1) is 0 Å². The van der Waals surface area contributed by atoms with Gasteiger partial charge < -0.3 is 19.1 Å². The predicted molar refractivity (Wildman–Crippen MR) is 60.4 cm³/mol. The lowest BCUT2D eigenvalue weighted by molar-refractivity contribution is -0.168. The van der Waals surface area contributed by atoms with Crippen molar-refractivity contribution < 1.29 is 19.0 Å². The van der Waals surface area contributed by atoms with E-state index in [-0.39, 0.29) is 19.6 Å². The van der Waals surface area contributed by atoms with E-state index >= 15 is 0 Å². The van der Waals surface area contributed by atoms with E-state index in [9.17, 15) is 4.79 Å². The van der Waals surface area contributed by atoms with Crippen molar-refractivity contribution in [1.29, 1.82) is 0 Å². The van der Waals surface area contributed by atoms with Gasteiger partial charge in [-0.1, -0.05) is 0 Å². The fraction of sp³-hybridized carbons (Fsp3) is 0.909. The van der Waals surface area contributed by atoms with Crippen molar-refractivity contribution in [3.05, 3.63) is 0 Å². The molecule has 6 nitrogen and oxygen atoms in total. The van der Waals surface area contributed by atoms with Gasteiger partial charge in [0.25, 0.3) is 0 Å². The van der Waals surface area contributed by atoms with Gasteiger partial charge in [0.2, 0.25) is 0 Å². The first-order chi connectivity index (χ1) is 8.34. The van der Waals surface area contributed by atoms with Crippen LogP contribution in [-0.2, 0) is 19.0 Å². The Hall–Kier alpha value is -0.690. The minimum atomic E-state index is -0.207. The average Bonchev–Trinajstić information content (AvgIpc) is 3.18. The molecular formula is C11H20N2O4. The number of hydrogen-bond donors (Lipinski definition) is 0. The number of hydrogen-bond acceptors (Lipinski definition) is 6. The molecule has 2 fully saturated rings. The molecule has 0 spiro atoms. The molecule has 0 radical (unpaired) electrons. The number of esters is 1. The molecule has 0 aromatic heterocycles. The predicted octanol–water partition coefficient (Wildman–Crippen LogP) is -0.501. The van der Waals surface area contributed by atoms with Crippen molar-refractivity contribution in [3.63, 3.8) is 0 Å². The van der Waals surface area contributed by atoms with Crippen LogP contribution in [-0.4, -0.2) is 75.2 Å². The summed E-state index contributed by atoms with van der Waals surface area (Å²) in [6, 6.07) is 0. The van der Waals surface area contributed by atoms with Gasteiger partial charge in [-0.2, -0.15) is 0 Å². The topological polar surface area (TPSA) is 50.8 Å². The first-order valence-corrected chi connectivity index (χ1v) is 6.10. The Labute approximate surface area is 101 Å². The van der Waals surface area contributed by atoms with Gasteiger partial charge in [0.1, 0.15) is 0 Å². The maximum absolute atomic E-state index is 11.2. The summed E-state index contributed by atoms with van der Waals surface area (Å²) in [4.78, 5) is 15.6. The number of ether oxygens (including phenoxy) is 3. The van der Waals surface area contributed by atoms with Gasteiger partial charge in [-0.3, -0.25) is 9.69 Å². The fourth-order valence-corrected chi connectivity index (χ4v) is 1.36. The van der Waals surface area contributed by atoms with Crippen LogP contribution in [0.4, 0.5) is 0 Å². The molecule has 0 aromatic carbocycles. The summed E-state index contributed by atoms with van der Waals surface area (Å²) in [5, 5.41) is 0. The highest BCUT2D eigenvalue weighted by atomic mass is 16.7. The minimum Gasteiger partial charge on any atom is -0.438 e. The van der Waals surface area contributed by atoms with Gasteiger partial charge in [-0.25, -0.2) is 0 Å². The highest BCUT2D eigenvalue weighted by molar-refractivity contribution is 5.69. The molecule has 0 aromatic rings. The maximum Gasteiger partial charge on any atom is 0.309 e. The molecule has 2 aliphatic heterocycles. The van der Waals surface area contributed by atoms with E-state index in [0.29, 0.717) is 13.0 Å². The van der Waals surface area contributed by atoms with Crippen molar-refractivity contribution in [2.75, 3.05) is 59.5 Å². The van der Waals surface area contributed by atoms with Crippen LogP contribution >= 0.6 is 0 Å². The third-order valence-electron chi connectivity index (χ3n) is 2.73. The highest BCUT2D eigenvalue weighted by Gasteiger charge is 2.18. The molecule has 0 N–H and O–H groups in total. The Morgan fingerprint density at radius 1 is 0.941 bits per heavy atom. The summed E-state index contributed by atoms with van der Waals surface area (Å²) >= 11 is 0. The molecule has 0 saturated carbocycles. The van der Waals surface area contributed by atoms with Crippen LogP contribution in [0.25, 0.3) is 0 Å². The van der Waals surface area contributed by atoms with Crippen LogP contribution in [0.1, 0.15) is 6.42 Å². The Kier molecular flexibility index (Phi) is 5.18. The van der Waals surface area contributed by atoms with Gasteiger partial charge in [-0.15, -0.1) is 0 Å². The highest BCUT2D eigenvalue weighted by Crippen LogP contribution is 2.04. The van der Waals surface area contributed by atoms with E-state index in [4.69, 9.17) is 14.2 Å². The molecule has 0 unspecified atom stereocenters. The van der Waals surface area contributed by atoms with Crippen molar-refractivity contribution in [2.24, 2.45) is 0 Å². The summed E-state index contributed by atoms with van der Waals surface area (Å²) in [6.07, 6.45) is 0.444. The van der Waals surface area contributed by atoms with Crippen molar-refractivity contribution in [3.8, 4) is 0 Å². The Morgan fingerprint density at radius 3 is 2.35 bits per heavy atom. The molecule has 2 saturated heterocycles. The number of nitrogens with zero attached hydrogens (tertiary/aromatic N) is 2. The van der Waals surface area contributed by atoms with E-state index in [1.54, 1.807) is 0 Å². The molecule has 2 rings (SSSR count). The molecule has 98 valence electrons. The van der Waals surface area contributed by atoms with Gasteiger partial charge >= 0.3 is 5.97 Å². The molecule has 0 amide bonds. The smallest absolute Gasteiger partial charge is 0.309 e. The van der Waals surface area contributed by atoms with Crippen LogP contribution in [0.3, 0.4) is 0 Å². The summed E-state index contributed by atoms with van der Waals surface area (Å²) in [5.74, 6) is -0.207. The van der Waals surface area contributed by atoms with Crippen LogP contribution in [0.2, 0.25) is 0 Å². The van der Waals surface area contributed by atoms with Crippen LogP contribution in [0.15, 0.2) is 0 Å². The van der Waals surface area contributed by atoms with E-state index in [0.717, 1.165) is 26.2 Å². The Balaban J connectivity index is 1.31. The number of carbonyl (C=O) groups is 1. The van der Waals surface area contributed by atoms with Crippen molar-refractivity contribution in [2.45, 2.75) is 6.42 Å². The molecule has 6 heteroatoms. The Bertz CT molecular complexity index is 242. The number of carbonyl (C=O) groups excluding carboxylic acids is 1. The standard InChI is InChI=1S/C11H20N2O4/c14-11(1-2-12-3-4-12)17-10-16-9-15-8-7-13-5-6-13/h1-10H2. The second-order valence-electron chi connectivity index (χ2n) is 4.30. The molecular weight excluding hydrogens is 224 g/mol. The normalized spacial score (nSPS) is 19.3. The largest absolute Gasteiger partial charge is 0.438 e. The first kappa shape index (κ1) is 12.8. The third kappa shape index (κ3) is 6.58. The van der Waals surface area contributed by atoms with Crippen molar-refractivity contribution in [1.82, 2.24) is 9.80 Å². The molecule has 17 heavy (non-hydrogen) atoms. The van der Waals surface area contributed by atoms with Crippen LogP contribution < -0.4 is 0 Å². The van der Waals surface area contributed by atoms with Gasteiger partial charge in [0, 0.05) is 39.3 Å². The minimum absolute atomic E-state index is 0.0114. The first-order valence-electron chi connectivity index (χ1n) is 6.10. The van der Waals surface area contributed by atoms with Crippen LogP contribution in [0.5, 0.6) is 0 Å². The summed E-state index contributed by atoms with van der Waals surface area (Å²) in [7, 11) is 0. The molecule has 2 heterocycles. The van der Waals surface area contributed by atoms with Gasteiger partial charge in [-0.05, 0) is 0 Å². The van der Waals surface area contributed by atoms with E-state index < -0.39 is 0 Å². The van der Waals surface area contributed by atoms with E-state index in [1.165, 1.54) is 13.1 Å². The molecule has 0 bridgehead atoms. The SMILES string of the molecule is O=C(CCN1CC1)OCOCOCCN1CC1. The monoisotopic (exact) mass is 244 g/mol. The Morgan fingerprint density at radius 2 is 1.65 bits per heavy atom. The third-order valence-corrected chi connectivity index (χ3v) is 2.73. The van der Waals surface area contributed by atoms with E-state index in [2.05, 4.69) is 9.80 Å². The lowest BCUT2D eigenvalue weighted by Crippen LogP contribution is -2.15. The quantitative estimate of drug-likeness (QED) is 0.223. The lowest BCUT2D eigenvalue weighted by atomic mass is 10.4. The fourth-order valence-electron chi connectivity index (χ4n) is 1.36. The van der Waals surface area contributed by atoms with Crippen molar-refractivity contribution >= 4 is 5.97 Å². The average molecular weight is 244 g/mol. The summed E-state index contributed by atoms with van der Waals surface area (Å²) < 4.78 is 15.1. The molecule has 0 aliphatic carbocycles. The lowest BCUT2D eigenvalue weighted by Gasteiger charge is -2.07. The second-order valence-corrected chi connectivity index (χ2v) is 4.30. The van der Waals surface area contributed by atoms with Gasteiger partial charge in [0.15, 0.2) is 13.6 Å². The zero-order valence-electron chi connectivity index (χ0n) is 10.1. The summed E-state index contributed by atoms with van der Waals surface area (Å²) in [5.41, 5.74) is 0. The number of rotatable bonds is 10. The van der Waals surface area contributed by atoms with Gasteiger partial charge in [0.05, 0.1) is 13.0 Å². The van der Waals surface area contributed by atoms with E-state index in [1.807, 2.05) is 0 Å². The zero-order valence-corrected chi connectivity index (χ0v) is 10.1. The second kappa shape index (κ2) is 6.90. The maximum atomic E-state index is 11.2.